The highest BCUT2D eigenvalue weighted by atomic mass is 79.9. The summed E-state index contributed by atoms with van der Waals surface area (Å²) in [6.07, 6.45) is 1.13. The summed E-state index contributed by atoms with van der Waals surface area (Å²) >= 11 is 3.28. The third-order valence-corrected chi connectivity index (χ3v) is 3.44. The van der Waals surface area contributed by atoms with Gasteiger partial charge in [0, 0.05) is 23.8 Å². The molecule has 0 bridgehead atoms. The number of pyridine rings is 1. The van der Waals surface area contributed by atoms with Gasteiger partial charge in [-0.2, -0.15) is 5.26 Å². The SMILES string of the molecule is N#CC1(c2ccc(Br)cn2)CCN(C(=O)O)C1. The molecule has 0 aliphatic carbocycles. The molecule has 0 radical (unpaired) electrons. The fourth-order valence-electron chi connectivity index (χ4n) is 1.99. The molecule has 1 unspecified atom stereocenters. The van der Waals surface area contributed by atoms with E-state index in [-0.39, 0.29) is 6.54 Å². The number of carboxylic acid groups (broad SMARTS) is 1. The third kappa shape index (κ3) is 2.11. The predicted molar refractivity (Wildman–Crippen MR) is 63.4 cm³/mol. The molecule has 1 saturated heterocycles. The van der Waals surface area contributed by atoms with Crippen LogP contribution in [0.25, 0.3) is 0 Å². The van der Waals surface area contributed by atoms with Crippen molar-refractivity contribution in [3.05, 3.63) is 28.5 Å². The van der Waals surface area contributed by atoms with Crippen molar-refractivity contribution in [3.8, 4) is 6.07 Å². The van der Waals surface area contributed by atoms with Crippen molar-refractivity contribution in [2.45, 2.75) is 11.8 Å². The van der Waals surface area contributed by atoms with Gasteiger partial charge in [-0.1, -0.05) is 0 Å². The first kappa shape index (κ1) is 11.9. The molecule has 0 saturated carbocycles. The van der Waals surface area contributed by atoms with Gasteiger partial charge in [0.2, 0.25) is 0 Å². The van der Waals surface area contributed by atoms with Crippen LogP contribution in [0.5, 0.6) is 0 Å². The van der Waals surface area contributed by atoms with Crippen molar-refractivity contribution in [2.24, 2.45) is 0 Å². The van der Waals surface area contributed by atoms with Crippen molar-refractivity contribution in [2.75, 3.05) is 13.1 Å². The fraction of sp³-hybridized carbons (Fsp3) is 0.364. The first-order valence-corrected chi connectivity index (χ1v) is 5.88. The second kappa shape index (κ2) is 4.34. The summed E-state index contributed by atoms with van der Waals surface area (Å²) in [5.41, 5.74) is -0.175. The lowest BCUT2D eigenvalue weighted by atomic mass is 9.85. The zero-order valence-corrected chi connectivity index (χ0v) is 10.5. The summed E-state index contributed by atoms with van der Waals surface area (Å²) in [6.45, 7) is 0.564. The third-order valence-electron chi connectivity index (χ3n) is 2.97. The molecule has 1 aliphatic rings. The molecule has 1 amide bonds. The van der Waals surface area contributed by atoms with Crippen LogP contribution in [0.3, 0.4) is 0 Å². The van der Waals surface area contributed by atoms with Crippen LogP contribution in [-0.4, -0.2) is 34.2 Å². The monoisotopic (exact) mass is 295 g/mol. The average Bonchev–Trinajstić information content (AvgIpc) is 2.76. The number of nitrogens with zero attached hydrogens (tertiary/aromatic N) is 3. The standard InChI is InChI=1S/C11H10BrN3O2/c12-8-1-2-9(14-5-8)11(6-13)3-4-15(7-11)10(16)17/h1-2,5H,3-4,7H2,(H,16,17). The molecule has 1 aromatic rings. The number of likely N-dealkylation sites (tertiary alicyclic amines) is 1. The van der Waals surface area contributed by atoms with Crippen molar-refractivity contribution in [1.82, 2.24) is 9.88 Å². The lowest BCUT2D eigenvalue weighted by Gasteiger charge is -2.19. The van der Waals surface area contributed by atoms with Crippen LogP contribution in [0.4, 0.5) is 4.79 Å². The van der Waals surface area contributed by atoms with E-state index in [1.807, 2.05) is 6.07 Å². The molecule has 1 aromatic heterocycles. The van der Waals surface area contributed by atoms with Gasteiger partial charge in [-0.05, 0) is 34.5 Å². The van der Waals surface area contributed by atoms with E-state index in [4.69, 9.17) is 5.11 Å². The van der Waals surface area contributed by atoms with Gasteiger partial charge in [0.15, 0.2) is 0 Å². The summed E-state index contributed by atoms with van der Waals surface area (Å²) in [7, 11) is 0. The van der Waals surface area contributed by atoms with Crippen molar-refractivity contribution in [1.29, 1.82) is 5.26 Å². The summed E-state index contributed by atoms with van der Waals surface area (Å²) in [5.74, 6) is 0. The Morgan fingerprint density at radius 1 is 1.65 bits per heavy atom. The number of amides is 1. The summed E-state index contributed by atoms with van der Waals surface area (Å²) in [6, 6.07) is 5.79. The quantitative estimate of drug-likeness (QED) is 0.859. The van der Waals surface area contributed by atoms with Crippen molar-refractivity contribution < 1.29 is 9.90 Å². The summed E-state index contributed by atoms with van der Waals surface area (Å²) in [5, 5.41) is 18.2. The molecule has 0 aromatic carbocycles. The van der Waals surface area contributed by atoms with E-state index in [2.05, 4.69) is 27.0 Å². The first-order valence-electron chi connectivity index (χ1n) is 5.08. The number of aromatic nitrogens is 1. The Balaban J connectivity index is 2.31. The largest absolute Gasteiger partial charge is 0.465 e. The molecule has 1 aliphatic heterocycles. The van der Waals surface area contributed by atoms with E-state index >= 15 is 0 Å². The van der Waals surface area contributed by atoms with Gasteiger partial charge in [-0.3, -0.25) is 4.98 Å². The second-order valence-corrected chi connectivity index (χ2v) is 4.93. The molecule has 2 heterocycles. The number of rotatable bonds is 1. The summed E-state index contributed by atoms with van der Waals surface area (Å²) < 4.78 is 0.836. The Kier molecular flexibility index (Phi) is 3.03. The van der Waals surface area contributed by atoms with Crippen molar-refractivity contribution in [3.63, 3.8) is 0 Å². The Labute approximate surface area is 107 Å². The second-order valence-electron chi connectivity index (χ2n) is 4.01. The smallest absolute Gasteiger partial charge is 0.407 e. The maximum Gasteiger partial charge on any atom is 0.407 e. The van der Waals surface area contributed by atoms with Crippen LogP contribution in [0, 0.1) is 11.3 Å². The molecular weight excluding hydrogens is 286 g/mol. The van der Waals surface area contributed by atoms with E-state index in [1.165, 1.54) is 4.90 Å². The van der Waals surface area contributed by atoms with E-state index in [1.54, 1.807) is 12.3 Å². The van der Waals surface area contributed by atoms with Crippen LogP contribution < -0.4 is 0 Å². The lowest BCUT2D eigenvalue weighted by Crippen LogP contribution is -2.33. The Morgan fingerprint density at radius 3 is 2.88 bits per heavy atom. The number of hydrogen-bond donors (Lipinski definition) is 1. The topological polar surface area (TPSA) is 77.2 Å². The molecule has 0 spiro atoms. The van der Waals surface area contributed by atoms with Gasteiger partial charge < -0.3 is 10.0 Å². The number of carbonyl (C=O) groups is 1. The maximum absolute atomic E-state index is 10.9. The molecule has 6 heteroatoms. The van der Waals surface area contributed by atoms with Gasteiger partial charge in [-0.15, -0.1) is 0 Å². The number of hydrogen-bond acceptors (Lipinski definition) is 3. The van der Waals surface area contributed by atoms with Crippen LogP contribution >= 0.6 is 15.9 Å². The minimum atomic E-state index is -0.987. The maximum atomic E-state index is 10.9. The molecule has 1 atom stereocenters. The molecular formula is C11H10BrN3O2. The fourth-order valence-corrected chi connectivity index (χ4v) is 2.22. The number of nitriles is 1. The molecule has 1 N–H and O–H groups in total. The number of halogens is 1. The highest BCUT2D eigenvalue weighted by molar-refractivity contribution is 9.10. The Bertz CT molecular complexity index is 482. The Hall–Kier alpha value is -1.61. The van der Waals surface area contributed by atoms with Gasteiger partial charge in [-0.25, -0.2) is 4.79 Å². The van der Waals surface area contributed by atoms with Gasteiger partial charge in [0.05, 0.1) is 11.8 Å². The zero-order valence-electron chi connectivity index (χ0n) is 8.93. The van der Waals surface area contributed by atoms with Gasteiger partial charge in [0.1, 0.15) is 5.41 Å². The predicted octanol–water partition coefficient (Wildman–Crippen LogP) is 1.99. The average molecular weight is 296 g/mol. The highest BCUT2D eigenvalue weighted by Gasteiger charge is 2.43. The summed E-state index contributed by atoms with van der Waals surface area (Å²) in [4.78, 5) is 16.3. The normalized spacial score (nSPS) is 23.4. The van der Waals surface area contributed by atoms with Gasteiger partial charge in [0.25, 0.3) is 0 Å². The molecule has 2 rings (SSSR count). The van der Waals surface area contributed by atoms with E-state index in [0.29, 0.717) is 18.7 Å². The van der Waals surface area contributed by atoms with Crippen molar-refractivity contribution >= 4 is 22.0 Å². The minimum Gasteiger partial charge on any atom is -0.465 e. The van der Waals surface area contributed by atoms with Gasteiger partial charge >= 0.3 is 6.09 Å². The van der Waals surface area contributed by atoms with E-state index in [0.717, 1.165) is 4.47 Å². The molecule has 5 nitrogen and oxygen atoms in total. The zero-order chi connectivity index (χ0) is 12.5. The van der Waals surface area contributed by atoms with Crippen LogP contribution in [0.15, 0.2) is 22.8 Å². The minimum absolute atomic E-state index is 0.188. The highest BCUT2D eigenvalue weighted by Crippen LogP contribution is 2.33. The van der Waals surface area contributed by atoms with E-state index in [9.17, 15) is 10.1 Å². The van der Waals surface area contributed by atoms with E-state index < -0.39 is 11.5 Å². The molecule has 88 valence electrons. The van der Waals surface area contributed by atoms with Crippen LogP contribution in [-0.2, 0) is 5.41 Å². The van der Waals surface area contributed by atoms with Crippen LogP contribution in [0.1, 0.15) is 12.1 Å². The lowest BCUT2D eigenvalue weighted by molar-refractivity contribution is 0.154. The molecule has 17 heavy (non-hydrogen) atoms. The van der Waals surface area contributed by atoms with Crippen LogP contribution in [0.2, 0.25) is 0 Å². The first-order chi connectivity index (χ1) is 8.07. The Morgan fingerprint density at radius 2 is 2.41 bits per heavy atom. The molecule has 1 fully saturated rings.